The predicted molar refractivity (Wildman–Crippen MR) is 105 cm³/mol. The lowest BCUT2D eigenvalue weighted by atomic mass is 9.65. The van der Waals surface area contributed by atoms with Gasteiger partial charge in [0.2, 0.25) is 0 Å². The van der Waals surface area contributed by atoms with Crippen LogP contribution in [0.1, 0.15) is 36.8 Å². The number of amides is 2. The number of aryl methyl sites for hydroxylation is 1. The molecule has 5 heteroatoms. The van der Waals surface area contributed by atoms with Crippen molar-refractivity contribution < 1.29 is 14.3 Å². The molecule has 1 aromatic rings. The van der Waals surface area contributed by atoms with Crippen LogP contribution >= 0.6 is 0 Å². The zero-order chi connectivity index (χ0) is 18.7. The van der Waals surface area contributed by atoms with Gasteiger partial charge in [-0.25, -0.2) is 4.79 Å². The summed E-state index contributed by atoms with van der Waals surface area (Å²) in [5, 5.41) is 3.14. The average Bonchev–Trinajstić information content (AvgIpc) is 2.73. The molecule has 1 aromatic carbocycles. The van der Waals surface area contributed by atoms with Crippen molar-refractivity contribution in [1.29, 1.82) is 0 Å². The van der Waals surface area contributed by atoms with Gasteiger partial charge in [-0.3, -0.25) is 0 Å². The molecule has 2 amide bonds. The Morgan fingerprint density at radius 3 is 2.89 bits per heavy atom. The first-order valence-corrected chi connectivity index (χ1v) is 10.1. The first-order chi connectivity index (χ1) is 13.2. The Labute approximate surface area is 161 Å². The number of piperidine rings is 1. The van der Waals surface area contributed by atoms with Crippen molar-refractivity contribution in [3.8, 4) is 0 Å². The third-order valence-corrected chi connectivity index (χ3v) is 6.36. The van der Waals surface area contributed by atoms with Gasteiger partial charge in [0.05, 0.1) is 19.8 Å². The number of carbonyl (C=O) groups is 1. The van der Waals surface area contributed by atoms with Crippen LogP contribution in [0.15, 0.2) is 35.9 Å². The summed E-state index contributed by atoms with van der Waals surface area (Å²) in [4.78, 5) is 15.1. The lowest BCUT2D eigenvalue weighted by molar-refractivity contribution is -0.0705. The van der Waals surface area contributed by atoms with E-state index >= 15 is 0 Å². The van der Waals surface area contributed by atoms with Crippen LogP contribution in [0.25, 0.3) is 0 Å². The highest BCUT2D eigenvalue weighted by molar-refractivity contribution is 5.75. The van der Waals surface area contributed by atoms with Crippen molar-refractivity contribution in [1.82, 2.24) is 10.2 Å². The van der Waals surface area contributed by atoms with Gasteiger partial charge in [0.15, 0.2) is 0 Å². The highest BCUT2D eigenvalue weighted by Crippen LogP contribution is 2.47. The molecule has 146 valence electrons. The Kier molecular flexibility index (Phi) is 5.50. The number of urea groups is 1. The fourth-order valence-electron chi connectivity index (χ4n) is 4.91. The molecule has 0 aromatic heterocycles. The first-order valence-electron chi connectivity index (χ1n) is 10.1. The van der Waals surface area contributed by atoms with Crippen LogP contribution < -0.4 is 5.32 Å². The molecule has 0 saturated carbocycles. The van der Waals surface area contributed by atoms with Crippen molar-refractivity contribution in [2.75, 3.05) is 33.0 Å². The van der Waals surface area contributed by atoms with E-state index in [1.807, 2.05) is 0 Å². The Balaban J connectivity index is 1.49. The van der Waals surface area contributed by atoms with Crippen LogP contribution in [-0.4, -0.2) is 49.9 Å². The van der Waals surface area contributed by atoms with Crippen LogP contribution in [-0.2, 0) is 16.0 Å². The SMILES string of the molecule is Cc1ccc(CNC(=O)N2CCC[C@@]3(C4=CCOCC4)COCC[C@H]23)cc1. The standard InChI is InChI=1S/C22H30N2O3/c1-17-3-5-18(6-4-17)15-23-21(25)24-11-2-10-22(16-27-14-9-20(22)24)19-7-12-26-13-8-19/h3-7,20H,2,8-16H2,1H3,(H,23,25)/t20-,22-/m0/s1. The second-order valence-electron chi connectivity index (χ2n) is 8.01. The minimum Gasteiger partial charge on any atom is -0.380 e. The van der Waals surface area contributed by atoms with Crippen molar-refractivity contribution in [2.24, 2.45) is 5.41 Å². The smallest absolute Gasteiger partial charge is 0.317 e. The third kappa shape index (κ3) is 3.76. The van der Waals surface area contributed by atoms with E-state index < -0.39 is 0 Å². The number of fused-ring (bicyclic) bond motifs is 1. The highest BCUT2D eigenvalue weighted by atomic mass is 16.5. The molecule has 0 unspecified atom stereocenters. The van der Waals surface area contributed by atoms with E-state index in [2.05, 4.69) is 47.5 Å². The average molecular weight is 370 g/mol. The van der Waals surface area contributed by atoms with E-state index in [1.165, 1.54) is 11.1 Å². The number of rotatable bonds is 3. The van der Waals surface area contributed by atoms with Crippen molar-refractivity contribution in [3.05, 3.63) is 47.0 Å². The minimum absolute atomic E-state index is 0.0263. The molecule has 1 N–H and O–H groups in total. The van der Waals surface area contributed by atoms with E-state index in [4.69, 9.17) is 9.47 Å². The zero-order valence-corrected chi connectivity index (χ0v) is 16.2. The van der Waals surface area contributed by atoms with Crippen LogP contribution in [0.5, 0.6) is 0 Å². The lowest BCUT2D eigenvalue weighted by Gasteiger charge is -2.53. The molecule has 4 rings (SSSR count). The van der Waals surface area contributed by atoms with Gasteiger partial charge in [-0.15, -0.1) is 0 Å². The molecule has 3 aliphatic heterocycles. The Hall–Kier alpha value is -1.85. The second kappa shape index (κ2) is 8.03. The van der Waals surface area contributed by atoms with E-state index in [-0.39, 0.29) is 17.5 Å². The third-order valence-electron chi connectivity index (χ3n) is 6.36. The van der Waals surface area contributed by atoms with Gasteiger partial charge in [-0.1, -0.05) is 41.5 Å². The molecule has 3 aliphatic rings. The molecule has 0 spiro atoms. The summed E-state index contributed by atoms with van der Waals surface area (Å²) in [6.07, 6.45) is 6.23. The number of hydrogen-bond donors (Lipinski definition) is 1. The summed E-state index contributed by atoms with van der Waals surface area (Å²) in [7, 11) is 0. The first kappa shape index (κ1) is 18.5. The van der Waals surface area contributed by atoms with Crippen LogP contribution in [0.2, 0.25) is 0 Å². The van der Waals surface area contributed by atoms with Crippen LogP contribution in [0, 0.1) is 12.3 Å². The molecule has 2 saturated heterocycles. The molecule has 0 radical (unpaired) electrons. The number of ether oxygens (including phenoxy) is 2. The number of nitrogens with one attached hydrogen (secondary N) is 1. The van der Waals surface area contributed by atoms with Gasteiger partial charge in [0.25, 0.3) is 0 Å². The Morgan fingerprint density at radius 1 is 1.26 bits per heavy atom. The Bertz CT molecular complexity index is 696. The molecule has 0 bridgehead atoms. The minimum atomic E-state index is -0.0263. The zero-order valence-electron chi connectivity index (χ0n) is 16.2. The molecule has 2 fully saturated rings. The molecular weight excluding hydrogens is 340 g/mol. The lowest BCUT2D eigenvalue weighted by Crippen LogP contribution is -2.61. The van der Waals surface area contributed by atoms with Gasteiger partial charge < -0.3 is 19.7 Å². The summed E-state index contributed by atoms with van der Waals surface area (Å²) in [5.74, 6) is 0. The van der Waals surface area contributed by atoms with Gasteiger partial charge >= 0.3 is 6.03 Å². The monoisotopic (exact) mass is 370 g/mol. The predicted octanol–water partition coefficient (Wildman–Crippen LogP) is 3.42. The second-order valence-corrected chi connectivity index (χ2v) is 8.01. The van der Waals surface area contributed by atoms with E-state index in [1.54, 1.807) is 0 Å². The normalized spacial score (nSPS) is 28.3. The number of hydrogen-bond acceptors (Lipinski definition) is 3. The Morgan fingerprint density at radius 2 is 2.11 bits per heavy atom. The summed E-state index contributed by atoms with van der Waals surface area (Å²) in [5.41, 5.74) is 3.78. The van der Waals surface area contributed by atoms with Crippen LogP contribution in [0.4, 0.5) is 4.79 Å². The maximum absolute atomic E-state index is 13.0. The number of benzene rings is 1. The maximum atomic E-state index is 13.0. The number of likely N-dealkylation sites (tertiary alicyclic amines) is 1. The van der Waals surface area contributed by atoms with Crippen molar-refractivity contribution in [3.63, 3.8) is 0 Å². The molecule has 2 atom stereocenters. The fraction of sp³-hybridized carbons (Fsp3) is 0.591. The van der Waals surface area contributed by atoms with Gasteiger partial charge in [-0.05, 0) is 38.2 Å². The fourth-order valence-corrected chi connectivity index (χ4v) is 4.91. The summed E-state index contributed by atoms with van der Waals surface area (Å²) < 4.78 is 11.5. The largest absolute Gasteiger partial charge is 0.380 e. The topological polar surface area (TPSA) is 50.8 Å². The van der Waals surface area contributed by atoms with Gasteiger partial charge in [-0.2, -0.15) is 0 Å². The number of nitrogens with zero attached hydrogens (tertiary/aromatic N) is 1. The number of carbonyl (C=O) groups excluding carboxylic acids is 1. The summed E-state index contributed by atoms with van der Waals surface area (Å²) in [6, 6.07) is 8.61. The quantitative estimate of drug-likeness (QED) is 0.830. The van der Waals surface area contributed by atoms with Gasteiger partial charge in [0, 0.05) is 31.2 Å². The summed E-state index contributed by atoms with van der Waals surface area (Å²) >= 11 is 0. The van der Waals surface area contributed by atoms with E-state index in [0.717, 1.165) is 57.6 Å². The highest BCUT2D eigenvalue weighted by Gasteiger charge is 2.50. The molecule has 27 heavy (non-hydrogen) atoms. The molecular formula is C22H30N2O3. The van der Waals surface area contributed by atoms with E-state index in [0.29, 0.717) is 13.2 Å². The molecule has 3 heterocycles. The summed E-state index contributed by atoms with van der Waals surface area (Å²) in [6.45, 7) is 6.40. The van der Waals surface area contributed by atoms with Gasteiger partial charge in [0.1, 0.15) is 0 Å². The van der Waals surface area contributed by atoms with Crippen molar-refractivity contribution in [2.45, 2.75) is 45.2 Å². The van der Waals surface area contributed by atoms with Crippen molar-refractivity contribution >= 4 is 6.03 Å². The van der Waals surface area contributed by atoms with E-state index in [9.17, 15) is 4.79 Å². The molecule has 5 nitrogen and oxygen atoms in total. The molecule has 0 aliphatic carbocycles. The maximum Gasteiger partial charge on any atom is 0.317 e. The van der Waals surface area contributed by atoms with Crippen LogP contribution in [0.3, 0.4) is 0 Å².